The standard InChI is InChI=1S/C20H17N3O5S4/c1-3-11(24)14-17(22-19(31-14)13-7-5-9-30-13)28-10-23(27-2)20(26)15-16(25)21-18(32-15)12-6-4-8-29-12/h4-9,25H,3,10H2,1-2H3. The summed E-state index contributed by atoms with van der Waals surface area (Å²) in [4.78, 5) is 41.2. The minimum atomic E-state index is -0.609. The van der Waals surface area contributed by atoms with E-state index in [4.69, 9.17) is 9.57 Å². The van der Waals surface area contributed by atoms with Crippen molar-refractivity contribution in [1.29, 1.82) is 0 Å². The number of rotatable bonds is 9. The molecule has 1 amide bonds. The van der Waals surface area contributed by atoms with Gasteiger partial charge < -0.3 is 9.84 Å². The van der Waals surface area contributed by atoms with Crippen molar-refractivity contribution in [3.63, 3.8) is 0 Å². The summed E-state index contributed by atoms with van der Waals surface area (Å²) in [6.45, 7) is 1.44. The number of carbonyl (C=O) groups is 2. The number of aromatic hydroxyl groups is 1. The van der Waals surface area contributed by atoms with E-state index in [0.29, 0.717) is 21.3 Å². The van der Waals surface area contributed by atoms with Crippen LogP contribution in [0.25, 0.3) is 19.8 Å². The first-order valence-corrected chi connectivity index (χ1v) is 12.7. The molecule has 0 fully saturated rings. The predicted octanol–water partition coefficient (Wildman–Crippen LogP) is 5.40. The number of hydrogen-bond donors (Lipinski definition) is 1. The third-order valence-electron chi connectivity index (χ3n) is 4.20. The molecule has 0 aliphatic carbocycles. The quantitative estimate of drug-likeness (QED) is 0.184. The van der Waals surface area contributed by atoms with Gasteiger partial charge in [-0.05, 0) is 22.9 Å². The Labute approximate surface area is 199 Å². The Bertz CT molecular complexity index is 1210. The molecule has 32 heavy (non-hydrogen) atoms. The second-order valence-corrected chi connectivity index (χ2v) is 10.1. The zero-order chi connectivity index (χ0) is 22.7. The number of amides is 1. The van der Waals surface area contributed by atoms with Gasteiger partial charge >= 0.3 is 0 Å². The summed E-state index contributed by atoms with van der Waals surface area (Å²) in [7, 11) is 1.32. The SMILES string of the molecule is CCC(=O)c1sc(-c2cccs2)nc1OCN(OC)C(=O)c1sc(-c2cccs2)nc1O. The fraction of sp³-hybridized carbons (Fsp3) is 0.200. The van der Waals surface area contributed by atoms with Gasteiger partial charge in [-0.15, -0.1) is 45.3 Å². The van der Waals surface area contributed by atoms with Crippen LogP contribution in [0.4, 0.5) is 0 Å². The number of aromatic nitrogens is 2. The van der Waals surface area contributed by atoms with Crippen molar-refractivity contribution < 1.29 is 24.3 Å². The first-order chi connectivity index (χ1) is 15.5. The molecular weight excluding hydrogens is 491 g/mol. The van der Waals surface area contributed by atoms with E-state index in [1.807, 2.05) is 35.0 Å². The molecule has 0 aromatic carbocycles. The molecule has 4 aromatic rings. The van der Waals surface area contributed by atoms with Gasteiger partial charge in [0.05, 0.1) is 16.9 Å². The van der Waals surface area contributed by atoms with Crippen LogP contribution in [0, 0.1) is 0 Å². The molecule has 1 N–H and O–H groups in total. The summed E-state index contributed by atoms with van der Waals surface area (Å²) in [6.07, 6.45) is 0.301. The largest absolute Gasteiger partial charge is 0.492 e. The van der Waals surface area contributed by atoms with Crippen molar-refractivity contribution >= 4 is 57.0 Å². The van der Waals surface area contributed by atoms with Gasteiger partial charge in [0.15, 0.2) is 17.4 Å². The van der Waals surface area contributed by atoms with Gasteiger partial charge in [-0.3, -0.25) is 14.4 Å². The molecule has 0 aliphatic rings. The summed E-state index contributed by atoms with van der Waals surface area (Å²) < 4.78 is 5.72. The fourth-order valence-corrected chi connectivity index (χ4v) is 6.14. The minimum Gasteiger partial charge on any atom is -0.492 e. The van der Waals surface area contributed by atoms with Crippen LogP contribution >= 0.6 is 45.3 Å². The van der Waals surface area contributed by atoms with Crippen molar-refractivity contribution in [2.75, 3.05) is 13.8 Å². The Morgan fingerprint density at radius 3 is 2.22 bits per heavy atom. The van der Waals surface area contributed by atoms with E-state index in [1.54, 1.807) is 6.92 Å². The number of thiophene rings is 2. The Morgan fingerprint density at radius 1 is 1.03 bits per heavy atom. The lowest BCUT2D eigenvalue weighted by molar-refractivity contribution is -0.129. The smallest absolute Gasteiger partial charge is 0.296 e. The number of hydroxylamine groups is 2. The van der Waals surface area contributed by atoms with E-state index in [2.05, 4.69) is 9.97 Å². The molecule has 4 heterocycles. The van der Waals surface area contributed by atoms with Gasteiger partial charge in [-0.25, -0.2) is 9.97 Å². The Balaban J connectivity index is 1.53. The third-order valence-corrected chi connectivity index (χ3v) is 8.39. The molecule has 0 unspecified atom stereocenters. The van der Waals surface area contributed by atoms with Gasteiger partial charge in [0.25, 0.3) is 5.91 Å². The van der Waals surface area contributed by atoms with Crippen LogP contribution in [0.5, 0.6) is 11.8 Å². The van der Waals surface area contributed by atoms with Crippen molar-refractivity contribution in [2.45, 2.75) is 13.3 Å². The van der Waals surface area contributed by atoms with E-state index in [-0.39, 0.29) is 29.2 Å². The van der Waals surface area contributed by atoms with Crippen molar-refractivity contribution in [3.05, 3.63) is 44.8 Å². The zero-order valence-electron chi connectivity index (χ0n) is 16.9. The average molecular weight is 508 g/mol. The molecule has 12 heteroatoms. The molecular formula is C20H17N3O5S4. The molecule has 4 aromatic heterocycles. The summed E-state index contributed by atoms with van der Waals surface area (Å²) in [5, 5.41) is 16.2. The third kappa shape index (κ3) is 4.59. The first kappa shape index (κ1) is 22.6. The predicted molar refractivity (Wildman–Crippen MR) is 126 cm³/mol. The zero-order valence-corrected chi connectivity index (χ0v) is 20.2. The average Bonchev–Trinajstić information content (AvgIpc) is 3.59. The maximum atomic E-state index is 12.9. The summed E-state index contributed by atoms with van der Waals surface area (Å²) in [5.41, 5.74) is 0. The highest BCUT2D eigenvalue weighted by atomic mass is 32.1. The van der Waals surface area contributed by atoms with Gasteiger partial charge in [0.2, 0.25) is 11.8 Å². The minimum absolute atomic E-state index is 0.0289. The molecule has 0 saturated carbocycles. The van der Waals surface area contributed by atoms with Crippen LogP contribution in [0.15, 0.2) is 35.0 Å². The van der Waals surface area contributed by atoms with Gasteiger partial charge in [0.1, 0.15) is 14.9 Å². The monoisotopic (exact) mass is 507 g/mol. The van der Waals surface area contributed by atoms with E-state index < -0.39 is 5.91 Å². The number of hydrogen-bond acceptors (Lipinski definition) is 11. The normalized spacial score (nSPS) is 10.9. The maximum Gasteiger partial charge on any atom is 0.296 e. The molecule has 0 radical (unpaired) electrons. The molecule has 166 valence electrons. The van der Waals surface area contributed by atoms with Crippen molar-refractivity contribution in [3.8, 4) is 31.5 Å². The van der Waals surface area contributed by atoms with E-state index >= 15 is 0 Å². The Kier molecular flexibility index (Phi) is 6.96. The lowest BCUT2D eigenvalue weighted by Crippen LogP contribution is -2.33. The molecule has 0 bridgehead atoms. The number of thiazole rings is 2. The van der Waals surface area contributed by atoms with E-state index in [1.165, 1.54) is 41.1 Å². The topological polar surface area (TPSA) is 102 Å². The number of ketones is 1. The van der Waals surface area contributed by atoms with Crippen LogP contribution in [-0.4, -0.2) is 45.7 Å². The number of carbonyl (C=O) groups excluding carboxylic acids is 2. The van der Waals surface area contributed by atoms with Gasteiger partial charge in [-0.1, -0.05) is 19.1 Å². The Hall–Kier alpha value is -2.64. The van der Waals surface area contributed by atoms with Crippen LogP contribution in [-0.2, 0) is 4.84 Å². The number of nitrogens with zero attached hydrogens (tertiary/aromatic N) is 3. The van der Waals surface area contributed by atoms with E-state index in [0.717, 1.165) is 26.2 Å². The number of Topliss-reactive ketones (excluding diaryl/α,β-unsaturated/α-hetero) is 1. The first-order valence-electron chi connectivity index (χ1n) is 9.32. The van der Waals surface area contributed by atoms with Crippen LogP contribution in [0.2, 0.25) is 0 Å². The summed E-state index contributed by atoms with van der Waals surface area (Å²) >= 11 is 5.28. The highest BCUT2D eigenvalue weighted by Gasteiger charge is 2.26. The second-order valence-electron chi connectivity index (χ2n) is 6.20. The van der Waals surface area contributed by atoms with Crippen molar-refractivity contribution in [1.82, 2.24) is 15.0 Å². The van der Waals surface area contributed by atoms with Crippen molar-refractivity contribution in [2.24, 2.45) is 0 Å². The highest BCUT2D eigenvalue weighted by molar-refractivity contribution is 7.22. The second kappa shape index (κ2) is 9.88. The molecule has 0 aliphatic heterocycles. The van der Waals surface area contributed by atoms with Crippen LogP contribution < -0.4 is 4.74 Å². The maximum absolute atomic E-state index is 12.9. The fourth-order valence-electron chi connectivity index (χ4n) is 2.63. The lowest BCUT2D eigenvalue weighted by atomic mass is 10.3. The molecule has 8 nitrogen and oxygen atoms in total. The van der Waals surface area contributed by atoms with Crippen LogP contribution in [0.1, 0.15) is 32.7 Å². The van der Waals surface area contributed by atoms with Gasteiger partial charge in [0, 0.05) is 6.42 Å². The Morgan fingerprint density at radius 2 is 1.66 bits per heavy atom. The highest BCUT2D eigenvalue weighted by Crippen LogP contribution is 2.37. The number of ether oxygens (including phenoxy) is 1. The van der Waals surface area contributed by atoms with E-state index in [9.17, 15) is 14.7 Å². The lowest BCUT2D eigenvalue weighted by Gasteiger charge is -2.18. The molecule has 0 atom stereocenters. The summed E-state index contributed by atoms with van der Waals surface area (Å²) in [6, 6.07) is 7.54. The molecule has 0 spiro atoms. The van der Waals surface area contributed by atoms with Gasteiger partial charge in [-0.2, -0.15) is 5.06 Å². The molecule has 0 saturated heterocycles. The molecule has 4 rings (SSSR count). The van der Waals surface area contributed by atoms with Crippen LogP contribution in [0.3, 0.4) is 0 Å². The summed E-state index contributed by atoms with van der Waals surface area (Å²) in [5.74, 6) is -0.937.